The van der Waals surface area contributed by atoms with E-state index in [9.17, 15) is 4.79 Å². The van der Waals surface area contributed by atoms with Crippen LogP contribution in [0.15, 0.2) is 46.9 Å². The van der Waals surface area contributed by atoms with E-state index < -0.39 is 0 Å². The summed E-state index contributed by atoms with van der Waals surface area (Å²) in [5.41, 5.74) is 2.12. The Morgan fingerprint density at radius 1 is 1.11 bits per heavy atom. The summed E-state index contributed by atoms with van der Waals surface area (Å²) in [6, 6.07) is 12.5. The number of rotatable bonds is 3. The minimum absolute atomic E-state index is 0.133. The van der Waals surface area contributed by atoms with Crippen LogP contribution in [0.5, 0.6) is 0 Å². The van der Waals surface area contributed by atoms with Gasteiger partial charge in [0.05, 0.1) is 17.3 Å². The van der Waals surface area contributed by atoms with Gasteiger partial charge in [-0.25, -0.2) is 9.78 Å². The van der Waals surface area contributed by atoms with Gasteiger partial charge in [-0.2, -0.15) is 0 Å². The number of carbonyl (C=O) groups excluding carboxylic acids is 1. The van der Waals surface area contributed by atoms with Gasteiger partial charge in [-0.05, 0) is 36.8 Å². The number of amides is 2. The Labute approximate surface area is 173 Å². The van der Waals surface area contributed by atoms with Crippen LogP contribution < -0.4 is 5.32 Å². The van der Waals surface area contributed by atoms with Crippen LogP contribution in [0.1, 0.15) is 12.3 Å². The molecule has 1 aliphatic heterocycles. The van der Waals surface area contributed by atoms with Crippen LogP contribution in [0, 0.1) is 0 Å². The summed E-state index contributed by atoms with van der Waals surface area (Å²) in [6.07, 6.45) is 0.877. The second-order valence-electron chi connectivity index (χ2n) is 6.75. The Balaban J connectivity index is 1.36. The van der Waals surface area contributed by atoms with Gasteiger partial charge in [0.2, 0.25) is 5.89 Å². The number of anilines is 1. The highest BCUT2D eigenvalue weighted by atomic mass is 35.5. The lowest BCUT2D eigenvalue weighted by Crippen LogP contribution is -2.38. The standard InChI is InChI=1S/C20H20Cl2N4O2/c21-14-6-7-18-17(12-14)23-19(28-18)13-25-8-3-9-26(11-10-25)20(27)24-16-5-2-1-4-15(16)22/h1-2,4-7,12H,3,8-11,13H2,(H,24,27). The summed E-state index contributed by atoms with van der Waals surface area (Å²) in [4.78, 5) is 21.2. The van der Waals surface area contributed by atoms with Crippen molar-refractivity contribution in [3.63, 3.8) is 0 Å². The fourth-order valence-electron chi connectivity index (χ4n) is 3.30. The van der Waals surface area contributed by atoms with E-state index >= 15 is 0 Å². The van der Waals surface area contributed by atoms with Crippen molar-refractivity contribution in [2.75, 3.05) is 31.5 Å². The van der Waals surface area contributed by atoms with Gasteiger partial charge in [0.15, 0.2) is 5.58 Å². The SMILES string of the molecule is O=C(Nc1ccccc1Cl)N1CCCN(Cc2nc3cc(Cl)ccc3o2)CC1. The van der Waals surface area contributed by atoms with Crippen molar-refractivity contribution in [2.45, 2.75) is 13.0 Å². The Bertz CT molecular complexity index is 991. The van der Waals surface area contributed by atoms with Crippen LogP contribution in [-0.4, -0.2) is 47.0 Å². The maximum Gasteiger partial charge on any atom is 0.321 e. The molecule has 1 fully saturated rings. The quantitative estimate of drug-likeness (QED) is 0.658. The number of hydrogen-bond donors (Lipinski definition) is 1. The Morgan fingerprint density at radius 2 is 1.96 bits per heavy atom. The van der Waals surface area contributed by atoms with Crippen LogP contribution in [-0.2, 0) is 6.54 Å². The molecule has 0 spiro atoms. The second-order valence-corrected chi connectivity index (χ2v) is 7.59. The first-order valence-electron chi connectivity index (χ1n) is 9.16. The molecule has 0 saturated carbocycles. The summed E-state index contributed by atoms with van der Waals surface area (Å²) in [5, 5.41) is 4.06. The summed E-state index contributed by atoms with van der Waals surface area (Å²) < 4.78 is 5.81. The lowest BCUT2D eigenvalue weighted by Gasteiger charge is -2.22. The third-order valence-electron chi connectivity index (χ3n) is 4.74. The number of hydrogen-bond acceptors (Lipinski definition) is 4. The Hall–Kier alpha value is -2.28. The van der Waals surface area contributed by atoms with Crippen molar-refractivity contribution in [2.24, 2.45) is 0 Å². The van der Waals surface area contributed by atoms with E-state index in [4.69, 9.17) is 27.6 Å². The van der Waals surface area contributed by atoms with Gasteiger partial charge in [0.25, 0.3) is 0 Å². The van der Waals surface area contributed by atoms with E-state index in [1.165, 1.54) is 0 Å². The van der Waals surface area contributed by atoms with Crippen molar-refractivity contribution in [1.29, 1.82) is 0 Å². The smallest absolute Gasteiger partial charge is 0.321 e. The molecule has 0 aliphatic carbocycles. The monoisotopic (exact) mass is 418 g/mol. The molecule has 1 aromatic heterocycles. The van der Waals surface area contributed by atoms with Gasteiger partial charge < -0.3 is 14.6 Å². The molecule has 2 amide bonds. The largest absolute Gasteiger partial charge is 0.439 e. The van der Waals surface area contributed by atoms with Gasteiger partial charge in [-0.1, -0.05) is 35.3 Å². The number of fused-ring (bicyclic) bond motifs is 1. The molecule has 3 aromatic rings. The van der Waals surface area contributed by atoms with Crippen molar-refractivity contribution in [3.05, 3.63) is 58.4 Å². The molecule has 0 atom stereocenters. The Kier molecular flexibility index (Phi) is 5.71. The maximum atomic E-state index is 12.6. The molecule has 2 aromatic carbocycles. The van der Waals surface area contributed by atoms with E-state index in [1.807, 2.05) is 23.1 Å². The normalized spacial score (nSPS) is 15.6. The second kappa shape index (κ2) is 8.39. The maximum absolute atomic E-state index is 12.6. The molecule has 146 valence electrons. The third kappa shape index (κ3) is 4.41. The minimum Gasteiger partial charge on any atom is -0.439 e. The molecule has 6 nitrogen and oxygen atoms in total. The molecule has 4 rings (SSSR count). The molecule has 0 bridgehead atoms. The van der Waals surface area contributed by atoms with Crippen LogP contribution >= 0.6 is 23.2 Å². The lowest BCUT2D eigenvalue weighted by atomic mass is 10.3. The first-order valence-corrected chi connectivity index (χ1v) is 9.92. The fourth-order valence-corrected chi connectivity index (χ4v) is 3.65. The van der Waals surface area contributed by atoms with Gasteiger partial charge in [0.1, 0.15) is 5.52 Å². The molecular weight excluding hydrogens is 399 g/mol. The number of oxazole rings is 1. The molecule has 1 N–H and O–H groups in total. The molecular formula is C20H20Cl2N4O2. The number of aromatic nitrogens is 1. The van der Waals surface area contributed by atoms with Crippen LogP contribution in [0.2, 0.25) is 10.0 Å². The van der Waals surface area contributed by atoms with Gasteiger partial charge in [-0.15, -0.1) is 0 Å². The van der Waals surface area contributed by atoms with Crippen LogP contribution in [0.25, 0.3) is 11.1 Å². The first-order chi connectivity index (χ1) is 13.6. The summed E-state index contributed by atoms with van der Waals surface area (Å²) in [5.74, 6) is 0.659. The zero-order valence-electron chi connectivity index (χ0n) is 15.2. The summed E-state index contributed by atoms with van der Waals surface area (Å²) in [7, 11) is 0. The average molecular weight is 419 g/mol. The molecule has 28 heavy (non-hydrogen) atoms. The van der Waals surface area contributed by atoms with Gasteiger partial charge >= 0.3 is 6.03 Å². The number of carbonyl (C=O) groups is 1. The van der Waals surface area contributed by atoms with E-state index in [0.717, 1.165) is 30.6 Å². The zero-order chi connectivity index (χ0) is 19.5. The highest BCUT2D eigenvalue weighted by molar-refractivity contribution is 6.33. The van der Waals surface area contributed by atoms with E-state index in [2.05, 4.69) is 15.2 Å². The molecule has 1 aliphatic rings. The average Bonchev–Trinajstić information content (AvgIpc) is 2.91. The third-order valence-corrected chi connectivity index (χ3v) is 5.31. The molecule has 2 heterocycles. The van der Waals surface area contributed by atoms with Crippen LogP contribution in [0.3, 0.4) is 0 Å². The number of halogens is 2. The number of urea groups is 1. The van der Waals surface area contributed by atoms with E-state index in [1.54, 1.807) is 24.3 Å². The van der Waals surface area contributed by atoms with Crippen molar-refractivity contribution < 1.29 is 9.21 Å². The van der Waals surface area contributed by atoms with E-state index in [-0.39, 0.29) is 6.03 Å². The Morgan fingerprint density at radius 3 is 2.82 bits per heavy atom. The van der Waals surface area contributed by atoms with Crippen LogP contribution in [0.4, 0.5) is 10.5 Å². The van der Waals surface area contributed by atoms with Crippen molar-refractivity contribution in [3.8, 4) is 0 Å². The molecule has 1 saturated heterocycles. The van der Waals surface area contributed by atoms with Crippen molar-refractivity contribution in [1.82, 2.24) is 14.8 Å². The highest BCUT2D eigenvalue weighted by Crippen LogP contribution is 2.22. The number of benzene rings is 2. The lowest BCUT2D eigenvalue weighted by molar-refractivity contribution is 0.209. The molecule has 0 unspecified atom stereocenters. The molecule has 0 radical (unpaired) electrons. The zero-order valence-corrected chi connectivity index (χ0v) is 16.7. The topological polar surface area (TPSA) is 61.6 Å². The summed E-state index contributed by atoms with van der Waals surface area (Å²) >= 11 is 12.1. The summed E-state index contributed by atoms with van der Waals surface area (Å²) in [6.45, 7) is 3.54. The van der Waals surface area contributed by atoms with Gasteiger partial charge in [0, 0.05) is 31.2 Å². The predicted molar refractivity (Wildman–Crippen MR) is 111 cm³/mol. The highest BCUT2D eigenvalue weighted by Gasteiger charge is 2.21. The minimum atomic E-state index is -0.133. The fraction of sp³-hybridized carbons (Fsp3) is 0.300. The first kappa shape index (κ1) is 19.1. The number of nitrogens with one attached hydrogen (secondary N) is 1. The van der Waals surface area contributed by atoms with E-state index in [0.29, 0.717) is 41.3 Å². The van der Waals surface area contributed by atoms with Gasteiger partial charge in [-0.3, -0.25) is 4.90 Å². The number of nitrogens with zero attached hydrogens (tertiary/aromatic N) is 3. The molecule has 8 heteroatoms. The number of para-hydroxylation sites is 1. The predicted octanol–water partition coefficient (Wildman–Crippen LogP) is 4.87. The van der Waals surface area contributed by atoms with Crippen molar-refractivity contribution >= 4 is 46.0 Å².